The molecule has 0 radical (unpaired) electrons. The summed E-state index contributed by atoms with van der Waals surface area (Å²) < 4.78 is 50.0. The van der Waals surface area contributed by atoms with Crippen molar-refractivity contribution in [2.75, 3.05) is 18.1 Å². The van der Waals surface area contributed by atoms with Crippen molar-refractivity contribution in [3.05, 3.63) is 29.3 Å². The third-order valence-corrected chi connectivity index (χ3v) is 7.45. The number of rotatable bonds is 5. The highest BCUT2D eigenvalue weighted by Crippen LogP contribution is 2.26. The molecule has 0 spiro atoms. The van der Waals surface area contributed by atoms with Crippen molar-refractivity contribution in [1.82, 2.24) is 4.31 Å². The molecule has 1 heterocycles. The van der Waals surface area contributed by atoms with Crippen molar-refractivity contribution in [1.29, 1.82) is 0 Å². The number of halogens is 1. The zero-order valence-electron chi connectivity index (χ0n) is 11.7. The lowest BCUT2D eigenvalue weighted by molar-refractivity contribution is 0.340. The molecule has 0 bridgehead atoms. The van der Waals surface area contributed by atoms with Gasteiger partial charge in [-0.3, -0.25) is 0 Å². The van der Waals surface area contributed by atoms with Crippen molar-refractivity contribution in [3.8, 4) is 0 Å². The fraction of sp³-hybridized carbons (Fsp3) is 0.538. The average Bonchev–Trinajstić information content (AvgIpc) is 2.76. The van der Waals surface area contributed by atoms with Gasteiger partial charge >= 0.3 is 0 Å². The van der Waals surface area contributed by atoms with Gasteiger partial charge in [0.05, 0.1) is 16.4 Å². The van der Waals surface area contributed by atoms with Crippen LogP contribution in [0.5, 0.6) is 0 Å². The van der Waals surface area contributed by atoms with E-state index in [-0.39, 0.29) is 16.4 Å². The maximum atomic E-state index is 12.7. The number of benzene rings is 1. The maximum absolute atomic E-state index is 12.7. The van der Waals surface area contributed by atoms with Crippen LogP contribution in [0.3, 0.4) is 0 Å². The molecule has 5 nitrogen and oxygen atoms in total. The van der Waals surface area contributed by atoms with Gasteiger partial charge in [0, 0.05) is 17.6 Å². The van der Waals surface area contributed by atoms with E-state index in [4.69, 9.17) is 11.6 Å². The Kier molecular flexibility index (Phi) is 4.97. The van der Waals surface area contributed by atoms with Crippen LogP contribution in [0.1, 0.15) is 19.8 Å². The molecule has 118 valence electrons. The van der Waals surface area contributed by atoms with E-state index in [9.17, 15) is 16.8 Å². The predicted octanol–water partition coefficient (Wildman–Crippen LogP) is 1.93. The summed E-state index contributed by atoms with van der Waals surface area (Å²) in [4.78, 5) is 0.143. The van der Waals surface area contributed by atoms with Crippen LogP contribution in [0.25, 0.3) is 0 Å². The highest BCUT2D eigenvalue weighted by atomic mass is 35.5. The zero-order chi connectivity index (χ0) is 15.7. The van der Waals surface area contributed by atoms with Gasteiger partial charge in [-0.25, -0.2) is 16.8 Å². The summed E-state index contributed by atoms with van der Waals surface area (Å²) in [7, 11) is -6.84. The Morgan fingerprint density at radius 2 is 1.90 bits per heavy atom. The van der Waals surface area contributed by atoms with Crippen LogP contribution >= 0.6 is 11.6 Å². The molecule has 0 aromatic heterocycles. The van der Waals surface area contributed by atoms with Gasteiger partial charge < -0.3 is 0 Å². The molecule has 21 heavy (non-hydrogen) atoms. The van der Waals surface area contributed by atoms with E-state index >= 15 is 0 Å². The second kappa shape index (κ2) is 6.24. The Balaban J connectivity index is 2.35. The van der Waals surface area contributed by atoms with Gasteiger partial charge in [-0.1, -0.05) is 18.5 Å². The fourth-order valence-corrected chi connectivity index (χ4v) is 6.16. The van der Waals surface area contributed by atoms with Crippen molar-refractivity contribution in [3.63, 3.8) is 0 Å². The monoisotopic (exact) mass is 351 g/mol. The third-order valence-electron chi connectivity index (χ3n) is 3.48. The Morgan fingerprint density at radius 1 is 1.29 bits per heavy atom. The summed E-state index contributed by atoms with van der Waals surface area (Å²) in [6, 6.07) is 5.46. The van der Waals surface area contributed by atoms with Crippen molar-refractivity contribution in [2.24, 2.45) is 0 Å². The van der Waals surface area contributed by atoms with E-state index in [1.54, 1.807) is 0 Å². The van der Waals surface area contributed by atoms with Gasteiger partial charge in [-0.15, -0.1) is 0 Å². The molecule has 0 amide bonds. The van der Waals surface area contributed by atoms with Gasteiger partial charge in [-0.05, 0) is 37.1 Å². The lowest BCUT2D eigenvalue weighted by Crippen LogP contribution is -2.41. The Bertz CT molecular complexity index is 698. The fourth-order valence-electron chi connectivity index (χ4n) is 2.46. The summed E-state index contributed by atoms with van der Waals surface area (Å²) in [5.41, 5.74) is 0. The van der Waals surface area contributed by atoms with Crippen LogP contribution in [-0.2, 0) is 19.9 Å². The largest absolute Gasteiger partial charge is 0.243 e. The van der Waals surface area contributed by atoms with E-state index in [1.807, 2.05) is 6.92 Å². The van der Waals surface area contributed by atoms with Crippen LogP contribution in [0.4, 0.5) is 0 Å². The highest BCUT2D eigenvalue weighted by Gasteiger charge is 2.38. The molecule has 1 aliphatic rings. The topological polar surface area (TPSA) is 71.5 Å². The molecule has 0 aliphatic carbocycles. The first kappa shape index (κ1) is 16.7. The van der Waals surface area contributed by atoms with Crippen molar-refractivity contribution < 1.29 is 16.8 Å². The SMILES string of the molecule is CCCN([C@H]1CCS(=O)(=O)C1)S(=O)(=O)c1ccc(Cl)cc1. The van der Waals surface area contributed by atoms with Gasteiger partial charge in [0.15, 0.2) is 9.84 Å². The van der Waals surface area contributed by atoms with Gasteiger partial charge in [0.1, 0.15) is 0 Å². The minimum absolute atomic E-state index is 0.0496. The smallest absolute Gasteiger partial charge is 0.229 e. The van der Waals surface area contributed by atoms with E-state index in [2.05, 4.69) is 0 Å². The van der Waals surface area contributed by atoms with Gasteiger partial charge in [0.2, 0.25) is 10.0 Å². The first-order chi connectivity index (χ1) is 9.76. The second-order valence-electron chi connectivity index (χ2n) is 5.13. The molecule has 1 aromatic rings. The zero-order valence-corrected chi connectivity index (χ0v) is 14.1. The molecular weight excluding hydrogens is 334 g/mol. The predicted molar refractivity (Wildman–Crippen MR) is 82.7 cm³/mol. The molecule has 1 aliphatic heterocycles. The third kappa shape index (κ3) is 3.77. The molecule has 2 rings (SSSR count). The summed E-state index contributed by atoms with van der Waals surface area (Å²) in [6.07, 6.45) is 0.985. The maximum Gasteiger partial charge on any atom is 0.243 e. The molecule has 0 unspecified atom stereocenters. The molecule has 8 heteroatoms. The number of hydrogen-bond acceptors (Lipinski definition) is 4. The molecular formula is C13H18ClNO4S2. The summed E-state index contributed by atoms with van der Waals surface area (Å²) >= 11 is 5.78. The van der Waals surface area contributed by atoms with Crippen LogP contribution in [0.15, 0.2) is 29.2 Å². The molecule has 0 N–H and O–H groups in total. The minimum atomic E-state index is -3.70. The lowest BCUT2D eigenvalue weighted by Gasteiger charge is -2.27. The Morgan fingerprint density at radius 3 is 2.38 bits per heavy atom. The van der Waals surface area contributed by atoms with E-state index in [1.165, 1.54) is 28.6 Å². The van der Waals surface area contributed by atoms with Crippen LogP contribution < -0.4 is 0 Å². The summed E-state index contributed by atoms with van der Waals surface area (Å²) in [6.45, 7) is 2.18. The van der Waals surface area contributed by atoms with Gasteiger partial charge in [-0.2, -0.15) is 4.31 Å². The first-order valence-corrected chi connectivity index (χ1v) is 10.4. The number of nitrogens with zero attached hydrogens (tertiary/aromatic N) is 1. The second-order valence-corrected chi connectivity index (χ2v) is 9.68. The molecule has 0 saturated carbocycles. The minimum Gasteiger partial charge on any atom is -0.229 e. The van der Waals surface area contributed by atoms with E-state index in [0.29, 0.717) is 24.4 Å². The molecule has 1 saturated heterocycles. The summed E-state index contributed by atoms with van der Waals surface area (Å²) in [5.74, 6) is -0.0478. The van der Waals surface area contributed by atoms with Crippen LogP contribution in [-0.4, -0.2) is 45.2 Å². The molecule has 1 aromatic carbocycles. The van der Waals surface area contributed by atoms with Crippen LogP contribution in [0.2, 0.25) is 5.02 Å². The lowest BCUT2D eigenvalue weighted by atomic mass is 10.2. The standard InChI is InChI=1S/C13H18ClNO4S2/c1-2-8-15(12-7-9-20(16,17)10-12)21(18,19)13-5-3-11(14)4-6-13/h3-6,12H,2,7-10H2,1H3/t12-/m0/s1. The van der Waals surface area contributed by atoms with Gasteiger partial charge in [0.25, 0.3) is 0 Å². The number of hydrogen-bond donors (Lipinski definition) is 0. The van der Waals surface area contributed by atoms with Crippen molar-refractivity contribution in [2.45, 2.75) is 30.7 Å². The number of sulfonamides is 1. The Labute approximate surface area is 130 Å². The summed E-state index contributed by atoms with van der Waals surface area (Å²) in [5, 5.41) is 0.458. The first-order valence-electron chi connectivity index (χ1n) is 6.74. The normalized spacial score (nSPS) is 21.8. The quantitative estimate of drug-likeness (QED) is 0.812. The molecule has 1 atom stereocenters. The van der Waals surface area contributed by atoms with Crippen molar-refractivity contribution >= 4 is 31.5 Å². The van der Waals surface area contributed by atoms with Crippen LogP contribution in [0, 0.1) is 0 Å². The number of sulfone groups is 1. The highest BCUT2D eigenvalue weighted by molar-refractivity contribution is 7.92. The van der Waals surface area contributed by atoms with E-state index < -0.39 is 25.9 Å². The molecule has 1 fully saturated rings. The average molecular weight is 352 g/mol. The Hall–Kier alpha value is -0.630. The van der Waals surface area contributed by atoms with E-state index in [0.717, 1.165) is 0 Å².